The van der Waals surface area contributed by atoms with Crippen molar-refractivity contribution < 1.29 is 4.92 Å². The van der Waals surface area contributed by atoms with Crippen molar-refractivity contribution in [3.63, 3.8) is 0 Å². The van der Waals surface area contributed by atoms with Crippen LogP contribution in [-0.2, 0) is 7.05 Å². The van der Waals surface area contributed by atoms with Crippen LogP contribution in [0.15, 0.2) is 6.20 Å². The molecule has 1 aromatic heterocycles. The molecule has 0 spiro atoms. The molecule has 7 nitrogen and oxygen atoms in total. The van der Waals surface area contributed by atoms with Gasteiger partial charge in [0.25, 0.3) is 0 Å². The van der Waals surface area contributed by atoms with E-state index in [0.29, 0.717) is 11.9 Å². The van der Waals surface area contributed by atoms with Gasteiger partial charge in [0.1, 0.15) is 6.20 Å². The Morgan fingerprint density at radius 2 is 2.35 bits per heavy atom. The van der Waals surface area contributed by atoms with Gasteiger partial charge in [0.2, 0.25) is 5.82 Å². The largest absolute Gasteiger partial charge is 0.345 e. The van der Waals surface area contributed by atoms with E-state index in [9.17, 15) is 10.1 Å². The number of anilines is 1. The number of nitro groups is 1. The Balaban J connectivity index is 2.21. The molecule has 112 valence electrons. The van der Waals surface area contributed by atoms with Gasteiger partial charge in [-0.25, -0.2) is 0 Å². The molecule has 0 aliphatic carbocycles. The van der Waals surface area contributed by atoms with E-state index in [1.54, 1.807) is 7.05 Å². The summed E-state index contributed by atoms with van der Waals surface area (Å²) >= 11 is 0. The fourth-order valence-electron chi connectivity index (χ4n) is 2.66. The van der Waals surface area contributed by atoms with Crippen LogP contribution in [0, 0.1) is 10.1 Å². The minimum Gasteiger partial charge on any atom is -0.345 e. The van der Waals surface area contributed by atoms with E-state index in [4.69, 9.17) is 0 Å². The van der Waals surface area contributed by atoms with E-state index in [1.807, 2.05) is 18.7 Å². The van der Waals surface area contributed by atoms with Gasteiger partial charge in [0.05, 0.1) is 4.92 Å². The lowest BCUT2D eigenvalue weighted by Crippen LogP contribution is -2.46. The van der Waals surface area contributed by atoms with Crippen molar-refractivity contribution in [1.82, 2.24) is 15.1 Å². The fourth-order valence-corrected chi connectivity index (χ4v) is 2.66. The van der Waals surface area contributed by atoms with Crippen LogP contribution in [0.2, 0.25) is 0 Å². The highest BCUT2D eigenvalue weighted by Crippen LogP contribution is 2.28. The van der Waals surface area contributed by atoms with Crippen molar-refractivity contribution in [2.75, 3.05) is 18.0 Å². The first-order valence-corrected chi connectivity index (χ1v) is 7.17. The lowest BCUT2D eigenvalue weighted by molar-refractivity contribution is -0.384. The predicted molar refractivity (Wildman–Crippen MR) is 78.0 cm³/mol. The maximum absolute atomic E-state index is 11.2. The number of hydrogen-bond donors (Lipinski definition) is 1. The smallest absolute Gasteiger partial charge is 0.330 e. The Morgan fingerprint density at radius 3 is 2.90 bits per heavy atom. The van der Waals surface area contributed by atoms with Gasteiger partial charge in [-0.15, -0.1) is 5.10 Å². The monoisotopic (exact) mass is 281 g/mol. The summed E-state index contributed by atoms with van der Waals surface area (Å²) < 4.78 is 1.51. The maximum atomic E-state index is 11.2. The first-order chi connectivity index (χ1) is 9.49. The Labute approximate surface area is 119 Å². The van der Waals surface area contributed by atoms with E-state index in [-0.39, 0.29) is 16.7 Å². The summed E-state index contributed by atoms with van der Waals surface area (Å²) in [7, 11) is 1.72. The molecule has 0 bridgehead atoms. The number of piperidine rings is 1. The third-order valence-corrected chi connectivity index (χ3v) is 3.71. The zero-order valence-electron chi connectivity index (χ0n) is 12.4. The highest BCUT2D eigenvalue weighted by Gasteiger charge is 2.28. The Kier molecular flexibility index (Phi) is 4.59. The van der Waals surface area contributed by atoms with E-state index < -0.39 is 0 Å². The third kappa shape index (κ3) is 3.27. The lowest BCUT2D eigenvalue weighted by Gasteiger charge is -2.32. The normalized spacial score (nSPS) is 19.3. The van der Waals surface area contributed by atoms with Crippen molar-refractivity contribution in [1.29, 1.82) is 0 Å². The van der Waals surface area contributed by atoms with Crippen LogP contribution in [0.1, 0.15) is 33.1 Å². The van der Waals surface area contributed by atoms with Gasteiger partial charge in [0, 0.05) is 25.7 Å². The molecule has 1 aliphatic heterocycles. The number of hydrogen-bond acceptors (Lipinski definition) is 5. The molecule has 1 saturated heterocycles. The summed E-state index contributed by atoms with van der Waals surface area (Å²) in [5.74, 6) is 0.472. The number of nitrogens with zero attached hydrogens (tertiary/aromatic N) is 4. The third-order valence-electron chi connectivity index (χ3n) is 3.71. The van der Waals surface area contributed by atoms with E-state index in [0.717, 1.165) is 19.5 Å². The molecule has 0 radical (unpaired) electrons. The summed E-state index contributed by atoms with van der Waals surface area (Å²) in [4.78, 5) is 12.8. The van der Waals surface area contributed by atoms with Gasteiger partial charge in [0.15, 0.2) is 0 Å². The number of rotatable bonds is 5. The van der Waals surface area contributed by atoms with Crippen molar-refractivity contribution in [3.8, 4) is 0 Å². The van der Waals surface area contributed by atoms with Gasteiger partial charge >= 0.3 is 5.69 Å². The Hall–Kier alpha value is -1.63. The minimum atomic E-state index is -0.355. The van der Waals surface area contributed by atoms with Crippen molar-refractivity contribution in [2.45, 2.75) is 45.2 Å². The molecule has 1 N–H and O–H groups in total. The van der Waals surface area contributed by atoms with Crippen LogP contribution < -0.4 is 10.2 Å². The zero-order valence-corrected chi connectivity index (χ0v) is 12.4. The molecular formula is C13H23N5O2. The Morgan fingerprint density at radius 1 is 1.60 bits per heavy atom. The first-order valence-electron chi connectivity index (χ1n) is 7.17. The molecule has 0 saturated carbocycles. The van der Waals surface area contributed by atoms with Gasteiger partial charge in [-0.3, -0.25) is 14.8 Å². The van der Waals surface area contributed by atoms with E-state index in [1.165, 1.54) is 23.7 Å². The fraction of sp³-hybridized carbons (Fsp3) is 0.769. The maximum Gasteiger partial charge on any atom is 0.330 e. The summed E-state index contributed by atoms with van der Waals surface area (Å²) in [6.45, 7) is 5.87. The molecule has 0 amide bonds. The standard InChI is InChI=1S/C13H23N5O2/c1-10(2)17(8-11-6-4-5-7-14-11)13-12(18(19)20)9-16(3)15-13/h9-11,14H,4-8H2,1-3H3. The lowest BCUT2D eigenvalue weighted by atomic mass is 10.0. The number of aromatic nitrogens is 2. The van der Waals surface area contributed by atoms with Crippen LogP contribution >= 0.6 is 0 Å². The van der Waals surface area contributed by atoms with Crippen LogP contribution in [0.3, 0.4) is 0 Å². The molecule has 1 atom stereocenters. The molecule has 1 aromatic rings. The number of aryl methyl sites for hydroxylation is 1. The molecule has 7 heteroatoms. The summed E-state index contributed by atoms with van der Waals surface area (Å²) in [6, 6.07) is 0.556. The van der Waals surface area contributed by atoms with Crippen LogP contribution in [0.5, 0.6) is 0 Å². The van der Waals surface area contributed by atoms with Crippen LogP contribution in [-0.4, -0.2) is 39.9 Å². The SMILES string of the molecule is CC(C)N(CC1CCCCN1)c1nn(C)cc1[N+](=O)[O-]. The van der Waals surface area contributed by atoms with E-state index in [2.05, 4.69) is 10.4 Å². The second kappa shape index (κ2) is 6.21. The second-order valence-electron chi connectivity index (χ2n) is 5.66. The highest BCUT2D eigenvalue weighted by atomic mass is 16.6. The molecule has 1 unspecified atom stereocenters. The van der Waals surface area contributed by atoms with Gasteiger partial charge in [-0.2, -0.15) is 0 Å². The molecule has 2 heterocycles. The first kappa shape index (κ1) is 14.8. The van der Waals surface area contributed by atoms with Gasteiger partial charge in [-0.1, -0.05) is 6.42 Å². The molecule has 20 heavy (non-hydrogen) atoms. The molecule has 2 rings (SSSR count). The van der Waals surface area contributed by atoms with Crippen molar-refractivity contribution in [3.05, 3.63) is 16.3 Å². The second-order valence-corrected chi connectivity index (χ2v) is 5.66. The van der Waals surface area contributed by atoms with E-state index >= 15 is 0 Å². The Bertz CT molecular complexity index is 465. The molecule has 0 aromatic carbocycles. The molecular weight excluding hydrogens is 258 g/mol. The zero-order chi connectivity index (χ0) is 14.7. The van der Waals surface area contributed by atoms with Crippen molar-refractivity contribution >= 4 is 11.5 Å². The average Bonchev–Trinajstić information content (AvgIpc) is 2.79. The highest BCUT2D eigenvalue weighted by molar-refractivity contribution is 5.57. The summed E-state index contributed by atoms with van der Waals surface area (Å²) in [5.41, 5.74) is 0.0806. The minimum absolute atomic E-state index is 0.0806. The average molecular weight is 281 g/mol. The topological polar surface area (TPSA) is 76.2 Å². The molecule has 1 aliphatic rings. The summed E-state index contributed by atoms with van der Waals surface area (Å²) in [5, 5.41) is 18.9. The molecule has 1 fully saturated rings. The summed E-state index contributed by atoms with van der Waals surface area (Å²) in [6.07, 6.45) is 5.01. The van der Waals surface area contributed by atoms with Gasteiger partial charge in [-0.05, 0) is 33.2 Å². The van der Waals surface area contributed by atoms with Crippen molar-refractivity contribution in [2.24, 2.45) is 7.05 Å². The van der Waals surface area contributed by atoms with Crippen LogP contribution in [0.25, 0.3) is 0 Å². The van der Waals surface area contributed by atoms with Gasteiger partial charge < -0.3 is 10.2 Å². The number of nitrogens with one attached hydrogen (secondary N) is 1. The predicted octanol–water partition coefficient (Wildman–Crippen LogP) is 1.69. The van der Waals surface area contributed by atoms with Crippen LogP contribution in [0.4, 0.5) is 11.5 Å². The quantitative estimate of drug-likeness (QED) is 0.656.